The molecule has 1 rings (SSSR count). The van der Waals surface area contributed by atoms with Crippen LogP contribution in [0.15, 0.2) is 0 Å². The van der Waals surface area contributed by atoms with E-state index in [0.717, 1.165) is 11.8 Å². The highest BCUT2D eigenvalue weighted by Gasteiger charge is 2.39. The minimum Gasteiger partial charge on any atom is -0.0599 e. The number of hydrogen-bond acceptors (Lipinski definition) is 0. The second kappa shape index (κ2) is 3.87. The minimum absolute atomic E-state index is 0.498. The lowest BCUT2D eigenvalue weighted by Crippen LogP contribution is -2.38. The van der Waals surface area contributed by atoms with Crippen molar-refractivity contribution in [2.45, 2.75) is 67.2 Å². The van der Waals surface area contributed by atoms with Gasteiger partial charge in [-0.1, -0.05) is 54.4 Å². The Balaban J connectivity index is 2.80. The number of rotatable bonds is 0. The van der Waals surface area contributed by atoms with E-state index >= 15 is 0 Å². The molecule has 84 valence electrons. The van der Waals surface area contributed by atoms with Crippen LogP contribution >= 0.6 is 0 Å². The molecule has 0 amide bonds. The summed E-state index contributed by atoms with van der Waals surface area (Å²) in [7, 11) is 0. The second-order valence-corrected chi connectivity index (χ2v) is 7.23. The van der Waals surface area contributed by atoms with Crippen LogP contribution in [0, 0.1) is 22.7 Å². The van der Waals surface area contributed by atoms with Crippen LogP contribution in [0.25, 0.3) is 0 Å². The third-order valence-electron chi connectivity index (χ3n) is 3.99. The topological polar surface area (TPSA) is 0 Å². The Kier molecular flexibility index (Phi) is 3.33. The van der Waals surface area contributed by atoms with Gasteiger partial charge < -0.3 is 0 Å². The molecule has 2 unspecified atom stereocenters. The van der Waals surface area contributed by atoms with Crippen molar-refractivity contribution >= 4 is 0 Å². The highest BCUT2D eigenvalue weighted by atomic mass is 14.4. The van der Waals surface area contributed by atoms with E-state index in [1.165, 1.54) is 25.7 Å². The first-order valence-corrected chi connectivity index (χ1v) is 6.23. The summed E-state index contributed by atoms with van der Waals surface area (Å²) in [4.78, 5) is 0. The van der Waals surface area contributed by atoms with Crippen LogP contribution in [0.1, 0.15) is 67.2 Å². The van der Waals surface area contributed by atoms with Crippen LogP contribution in [0.4, 0.5) is 0 Å². The van der Waals surface area contributed by atoms with Crippen LogP contribution in [-0.4, -0.2) is 0 Å². The van der Waals surface area contributed by atoms with Crippen molar-refractivity contribution in [1.29, 1.82) is 0 Å². The highest BCUT2D eigenvalue weighted by molar-refractivity contribution is 4.89. The van der Waals surface area contributed by atoms with E-state index in [0.29, 0.717) is 10.8 Å². The van der Waals surface area contributed by atoms with Crippen LogP contribution < -0.4 is 0 Å². The maximum absolute atomic E-state index is 2.42. The predicted molar refractivity (Wildman–Crippen MR) is 64.4 cm³/mol. The molecule has 0 aromatic carbocycles. The lowest BCUT2D eigenvalue weighted by Gasteiger charge is -2.46. The summed E-state index contributed by atoms with van der Waals surface area (Å²) in [5.41, 5.74) is 0.997. The number of hydrogen-bond donors (Lipinski definition) is 0. The standard InChI is InChI=1S/C14H28/c1-13(2,3)11-9-7-8-10-12(11)14(4,5)6/h11-12H,7-10H2,1-6H3. The van der Waals surface area contributed by atoms with E-state index in [1.54, 1.807) is 0 Å². The molecule has 1 saturated carbocycles. The zero-order valence-electron chi connectivity index (χ0n) is 11.0. The van der Waals surface area contributed by atoms with Gasteiger partial charge in [-0.2, -0.15) is 0 Å². The fraction of sp³-hybridized carbons (Fsp3) is 1.00. The van der Waals surface area contributed by atoms with Gasteiger partial charge in [0.2, 0.25) is 0 Å². The molecule has 14 heavy (non-hydrogen) atoms. The molecule has 1 aliphatic rings. The lowest BCUT2D eigenvalue weighted by atomic mass is 9.59. The monoisotopic (exact) mass is 196 g/mol. The Morgan fingerprint density at radius 1 is 0.643 bits per heavy atom. The van der Waals surface area contributed by atoms with Crippen LogP contribution in [0.3, 0.4) is 0 Å². The van der Waals surface area contributed by atoms with Gasteiger partial charge in [0.1, 0.15) is 0 Å². The van der Waals surface area contributed by atoms with Crippen molar-refractivity contribution < 1.29 is 0 Å². The van der Waals surface area contributed by atoms with Gasteiger partial charge in [-0.05, 0) is 35.5 Å². The minimum atomic E-state index is 0.498. The smallest absolute Gasteiger partial charge is 0.0332 e. The first kappa shape index (κ1) is 12.1. The Morgan fingerprint density at radius 2 is 0.929 bits per heavy atom. The molecule has 0 radical (unpaired) electrons. The van der Waals surface area contributed by atoms with Gasteiger partial charge in [-0.3, -0.25) is 0 Å². The molecule has 0 heteroatoms. The van der Waals surface area contributed by atoms with Crippen LogP contribution in [0.2, 0.25) is 0 Å². The summed E-state index contributed by atoms with van der Waals surface area (Å²) >= 11 is 0. The molecule has 1 fully saturated rings. The maximum atomic E-state index is 2.42. The van der Waals surface area contributed by atoms with E-state index < -0.39 is 0 Å². The first-order chi connectivity index (χ1) is 6.23. The van der Waals surface area contributed by atoms with Gasteiger partial charge in [0.25, 0.3) is 0 Å². The molecule has 0 N–H and O–H groups in total. The summed E-state index contributed by atoms with van der Waals surface area (Å²) in [6.45, 7) is 14.5. The quantitative estimate of drug-likeness (QED) is 0.518. The maximum Gasteiger partial charge on any atom is -0.0332 e. The molecule has 0 bridgehead atoms. The average Bonchev–Trinajstić information content (AvgIpc) is 2.01. The SMILES string of the molecule is CC(C)(C)C1CCCCC1C(C)(C)C. The lowest BCUT2D eigenvalue weighted by molar-refractivity contribution is 0.0335. The van der Waals surface area contributed by atoms with Crippen molar-refractivity contribution in [3.63, 3.8) is 0 Å². The molecule has 1 aliphatic carbocycles. The molecule has 0 aromatic rings. The molecule has 0 aromatic heterocycles. The van der Waals surface area contributed by atoms with Crippen LogP contribution in [-0.2, 0) is 0 Å². The fourth-order valence-corrected chi connectivity index (χ4v) is 3.20. The summed E-state index contributed by atoms with van der Waals surface area (Å²) in [6.07, 6.45) is 5.81. The zero-order valence-corrected chi connectivity index (χ0v) is 11.0. The summed E-state index contributed by atoms with van der Waals surface area (Å²) < 4.78 is 0. The third-order valence-corrected chi connectivity index (χ3v) is 3.99. The largest absolute Gasteiger partial charge is 0.0599 e. The van der Waals surface area contributed by atoms with Crippen molar-refractivity contribution in [3.05, 3.63) is 0 Å². The second-order valence-electron chi connectivity index (χ2n) is 7.23. The predicted octanol–water partition coefficient (Wildman–Crippen LogP) is 4.89. The fourth-order valence-electron chi connectivity index (χ4n) is 3.20. The Hall–Kier alpha value is 0. The molecular formula is C14H28. The Labute approximate surface area is 90.5 Å². The Morgan fingerprint density at radius 3 is 1.14 bits per heavy atom. The molecule has 0 heterocycles. The molecule has 0 spiro atoms. The van der Waals surface area contributed by atoms with Gasteiger partial charge >= 0.3 is 0 Å². The van der Waals surface area contributed by atoms with Crippen molar-refractivity contribution in [3.8, 4) is 0 Å². The van der Waals surface area contributed by atoms with Crippen molar-refractivity contribution in [2.24, 2.45) is 22.7 Å². The summed E-state index contributed by atoms with van der Waals surface area (Å²) in [5, 5.41) is 0. The third kappa shape index (κ3) is 2.74. The Bertz CT molecular complexity index is 155. The van der Waals surface area contributed by atoms with Gasteiger partial charge in [0.05, 0.1) is 0 Å². The average molecular weight is 196 g/mol. The van der Waals surface area contributed by atoms with E-state index in [2.05, 4.69) is 41.5 Å². The molecule has 0 saturated heterocycles. The van der Waals surface area contributed by atoms with E-state index in [4.69, 9.17) is 0 Å². The van der Waals surface area contributed by atoms with Gasteiger partial charge in [0, 0.05) is 0 Å². The summed E-state index contributed by atoms with van der Waals surface area (Å²) in [5.74, 6) is 1.85. The highest BCUT2D eigenvalue weighted by Crippen LogP contribution is 2.48. The summed E-state index contributed by atoms with van der Waals surface area (Å²) in [6, 6.07) is 0. The zero-order chi connectivity index (χ0) is 11.0. The molecular weight excluding hydrogens is 168 g/mol. The first-order valence-electron chi connectivity index (χ1n) is 6.23. The van der Waals surface area contributed by atoms with E-state index in [-0.39, 0.29) is 0 Å². The van der Waals surface area contributed by atoms with Crippen LogP contribution in [0.5, 0.6) is 0 Å². The van der Waals surface area contributed by atoms with Crippen molar-refractivity contribution in [2.75, 3.05) is 0 Å². The normalized spacial score (nSPS) is 30.4. The molecule has 2 atom stereocenters. The van der Waals surface area contributed by atoms with E-state index in [1.807, 2.05) is 0 Å². The van der Waals surface area contributed by atoms with Gasteiger partial charge in [-0.25, -0.2) is 0 Å². The van der Waals surface area contributed by atoms with Gasteiger partial charge in [0.15, 0.2) is 0 Å². The molecule has 0 aliphatic heterocycles. The van der Waals surface area contributed by atoms with Gasteiger partial charge in [-0.15, -0.1) is 0 Å². The van der Waals surface area contributed by atoms with E-state index in [9.17, 15) is 0 Å². The van der Waals surface area contributed by atoms with Crippen molar-refractivity contribution in [1.82, 2.24) is 0 Å². The molecule has 0 nitrogen and oxygen atoms in total.